The average molecular weight is 268 g/mol. The smallest absolute Gasteiger partial charge is 0.174 e. The van der Waals surface area contributed by atoms with E-state index < -0.39 is 0 Å². The number of halogens is 1. The molecule has 0 aliphatic heterocycles. The van der Waals surface area contributed by atoms with E-state index in [9.17, 15) is 4.79 Å². The zero-order chi connectivity index (χ0) is 13.0. The molecule has 0 spiro atoms. The van der Waals surface area contributed by atoms with Gasteiger partial charge in [-0.3, -0.25) is 4.79 Å². The molecule has 2 rings (SSSR count). The van der Waals surface area contributed by atoms with Crippen LogP contribution in [0.4, 0.5) is 0 Å². The molecule has 2 aromatic rings. The van der Waals surface area contributed by atoms with E-state index in [4.69, 9.17) is 25.6 Å². The summed E-state index contributed by atoms with van der Waals surface area (Å²) in [5.41, 5.74) is 0.318. The third kappa shape index (κ3) is 2.62. The second kappa shape index (κ2) is 5.55. The maximum absolute atomic E-state index is 11.0. The molecule has 0 saturated carbocycles. The number of carbonyl (C=O) groups is 1. The molecule has 0 amide bonds. The molecule has 6 heteroatoms. The highest BCUT2D eigenvalue weighted by molar-refractivity contribution is 6.31. The van der Waals surface area contributed by atoms with Crippen LogP contribution < -0.4 is 9.47 Å². The van der Waals surface area contributed by atoms with Gasteiger partial charge in [0.25, 0.3) is 0 Å². The summed E-state index contributed by atoms with van der Waals surface area (Å²) in [5, 5.41) is 3.96. The van der Waals surface area contributed by atoms with Gasteiger partial charge in [-0.1, -0.05) is 16.8 Å². The summed E-state index contributed by atoms with van der Waals surface area (Å²) in [6, 6.07) is 4.75. The van der Waals surface area contributed by atoms with E-state index in [1.807, 2.05) is 0 Å². The molecule has 1 aromatic carbocycles. The van der Waals surface area contributed by atoms with Gasteiger partial charge in [-0.15, -0.1) is 0 Å². The summed E-state index contributed by atoms with van der Waals surface area (Å²) in [6.07, 6.45) is 2.17. The SMILES string of the molecule is COc1cc(Cl)cc(C=O)c1OCc1ccno1. The molecule has 0 fully saturated rings. The third-order valence-electron chi connectivity index (χ3n) is 2.25. The predicted molar refractivity (Wildman–Crippen MR) is 64.2 cm³/mol. The van der Waals surface area contributed by atoms with Crippen molar-refractivity contribution in [3.05, 3.63) is 40.7 Å². The largest absolute Gasteiger partial charge is 0.493 e. The van der Waals surface area contributed by atoms with E-state index in [1.165, 1.54) is 19.4 Å². The maximum atomic E-state index is 11.0. The molecule has 0 aliphatic rings. The Balaban J connectivity index is 2.27. The molecule has 0 atom stereocenters. The van der Waals surface area contributed by atoms with Crippen molar-refractivity contribution in [2.24, 2.45) is 0 Å². The van der Waals surface area contributed by atoms with Gasteiger partial charge in [-0.2, -0.15) is 0 Å². The number of ether oxygens (including phenoxy) is 2. The second-order valence-electron chi connectivity index (χ2n) is 3.41. The molecular formula is C12H10ClNO4. The minimum absolute atomic E-state index is 0.152. The van der Waals surface area contributed by atoms with Crippen molar-refractivity contribution in [1.82, 2.24) is 5.16 Å². The molecule has 94 valence electrons. The zero-order valence-corrected chi connectivity index (χ0v) is 10.3. The maximum Gasteiger partial charge on any atom is 0.174 e. The Morgan fingerprint density at radius 1 is 1.50 bits per heavy atom. The molecule has 0 saturated heterocycles. The summed E-state index contributed by atoms with van der Waals surface area (Å²) in [5.74, 6) is 1.27. The fraction of sp³-hybridized carbons (Fsp3) is 0.167. The van der Waals surface area contributed by atoms with Gasteiger partial charge >= 0.3 is 0 Å². The third-order valence-corrected chi connectivity index (χ3v) is 2.46. The van der Waals surface area contributed by atoms with Crippen LogP contribution in [0.15, 0.2) is 28.9 Å². The lowest BCUT2D eigenvalue weighted by atomic mass is 10.2. The van der Waals surface area contributed by atoms with E-state index >= 15 is 0 Å². The van der Waals surface area contributed by atoms with E-state index in [0.29, 0.717) is 34.1 Å². The van der Waals surface area contributed by atoms with Gasteiger partial charge in [0.15, 0.2) is 23.5 Å². The van der Waals surface area contributed by atoms with Crippen molar-refractivity contribution < 1.29 is 18.8 Å². The van der Waals surface area contributed by atoms with Crippen LogP contribution in [-0.4, -0.2) is 18.6 Å². The molecular weight excluding hydrogens is 258 g/mol. The molecule has 0 N–H and O–H groups in total. The average Bonchev–Trinajstić information content (AvgIpc) is 2.89. The molecule has 5 nitrogen and oxygen atoms in total. The Hall–Kier alpha value is -2.01. The fourth-order valence-corrected chi connectivity index (χ4v) is 1.66. The number of hydrogen-bond donors (Lipinski definition) is 0. The first-order valence-corrected chi connectivity index (χ1v) is 5.47. The van der Waals surface area contributed by atoms with E-state index in [0.717, 1.165) is 0 Å². The second-order valence-corrected chi connectivity index (χ2v) is 3.85. The minimum atomic E-state index is 0.152. The van der Waals surface area contributed by atoms with Crippen LogP contribution in [-0.2, 0) is 6.61 Å². The van der Waals surface area contributed by atoms with E-state index in [2.05, 4.69) is 5.16 Å². The highest BCUT2D eigenvalue weighted by atomic mass is 35.5. The number of nitrogens with zero attached hydrogens (tertiary/aromatic N) is 1. The first kappa shape index (κ1) is 12.4. The zero-order valence-electron chi connectivity index (χ0n) is 9.55. The number of benzene rings is 1. The van der Waals surface area contributed by atoms with Crippen LogP contribution in [0.25, 0.3) is 0 Å². The first-order chi connectivity index (χ1) is 8.74. The van der Waals surface area contributed by atoms with Gasteiger partial charge in [0, 0.05) is 17.2 Å². The lowest BCUT2D eigenvalue weighted by molar-refractivity contribution is 0.111. The van der Waals surface area contributed by atoms with Gasteiger partial charge in [0.2, 0.25) is 0 Å². The number of methoxy groups -OCH3 is 1. The number of hydrogen-bond acceptors (Lipinski definition) is 5. The topological polar surface area (TPSA) is 61.6 Å². The van der Waals surface area contributed by atoms with Crippen LogP contribution in [0.2, 0.25) is 5.02 Å². The molecule has 0 bridgehead atoms. The number of aromatic nitrogens is 1. The normalized spacial score (nSPS) is 10.1. The molecule has 18 heavy (non-hydrogen) atoms. The van der Waals surface area contributed by atoms with Crippen molar-refractivity contribution in [2.45, 2.75) is 6.61 Å². The van der Waals surface area contributed by atoms with Crippen LogP contribution >= 0.6 is 11.6 Å². The van der Waals surface area contributed by atoms with E-state index in [1.54, 1.807) is 12.1 Å². The van der Waals surface area contributed by atoms with Gasteiger partial charge in [-0.05, 0) is 6.07 Å². The predicted octanol–water partition coefficient (Wildman–Crippen LogP) is 2.73. The van der Waals surface area contributed by atoms with Crippen molar-refractivity contribution in [3.63, 3.8) is 0 Å². The summed E-state index contributed by atoms with van der Waals surface area (Å²) in [4.78, 5) is 11.0. The van der Waals surface area contributed by atoms with Crippen LogP contribution in [0.3, 0.4) is 0 Å². The summed E-state index contributed by atoms with van der Waals surface area (Å²) >= 11 is 5.86. The van der Waals surface area contributed by atoms with Gasteiger partial charge in [0.05, 0.1) is 18.9 Å². The Kier molecular flexibility index (Phi) is 3.84. The van der Waals surface area contributed by atoms with Gasteiger partial charge in [0.1, 0.15) is 6.61 Å². The molecule has 0 aliphatic carbocycles. The number of rotatable bonds is 5. The number of carbonyl (C=O) groups excluding carboxylic acids is 1. The minimum Gasteiger partial charge on any atom is -0.493 e. The van der Waals surface area contributed by atoms with E-state index in [-0.39, 0.29) is 6.61 Å². The number of aldehydes is 1. The Morgan fingerprint density at radius 2 is 2.33 bits per heavy atom. The van der Waals surface area contributed by atoms with Crippen molar-refractivity contribution in [2.75, 3.05) is 7.11 Å². The Labute approximate surface area is 108 Å². The van der Waals surface area contributed by atoms with Gasteiger partial charge < -0.3 is 14.0 Å². The van der Waals surface area contributed by atoms with Crippen LogP contribution in [0.1, 0.15) is 16.1 Å². The molecule has 0 radical (unpaired) electrons. The monoisotopic (exact) mass is 267 g/mol. The first-order valence-electron chi connectivity index (χ1n) is 5.09. The summed E-state index contributed by atoms with van der Waals surface area (Å²) in [7, 11) is 1.47. The standard InChI is InChI=1S/C12H10ClNO4/c1-16-11-5-9(13)4-8(6-15)12(11)17-7-10-2-3-14-18-10/h2-6H,7H2,1H3. The molecule has 0 unspecified atom stereocenters. The Bertz CT molecular complexity index is 539. The molecule has 1 aromatic heterocycles. The highest BCUT2D eigenvalue weighted by Gasteiger charge is 2.13. The quantitative estimate of drug-likeness (QED) is 0.780. The van der Waals surface area contributed by atoms with Crippen LogP contribution in [0, 0.1) is 0 Å². The van der Waals surface area contributed by atoms with Gasteiger partial charge in [-0.25, -0.2) is 0 Å². The summed E-state index contributed by atoms with van der Waals surface area (Å²) < 4.78 is 15.5. The van der Waals surface area contributed by atoms with Crippen LogP contribution in [0.5, 0.6) is 11.5 Å². The van der Waals surface area contributed by atoms with Crippen molar-refractivity contribution in [1.29, 1.82) is 0 Å². The lowest BCUT2D eigenvalue weighted by Crippen LogP contribution is -2.00. The highest BCUT2D eigenvalue weighted by Crippen LogP contribution is 2.34. The summed E-state index contributed by atoms with van der Waals surface area (Å²) in [6.45, 7) is 0.152. The molecule has 1 heterocycles. The van der Waals surface area contributed by atoms with Crippen molar-refractivity contribution >= 4 is 17.9 Å². The fourth-order valence-electron chi connectivity index (χ4n) is 1.44. The Morgan fingerprint density at radius 3 is 2.94 bits per heavy atom. The lowest BCUT2D eigenvalue weighted by Gasteiger charge is -2.12. The van der Waals surface area contributed by atoms with Crippen molar-refractivity contribution in [3.8, 4) is 11.5 Å².